The lowest BCUT2D eigenvalue weighted by molar-refractivity contribution is 0.543. The molecule has 0 unspecified atom stereocenters. The van der Waals surface area contributed by atoms with Crippen molar-refractivity contribution in [2.75, 3.05) is 7.05 Å². The lowest BCUT2D eigenvalue weighted by atomic mass is 9.86. The molecule has 1 aromatic carbocycles. The van der Waals surface area contributed by atoms with E-state index in [1.165, 1.54) is 25.4 Å². The number of aliphatic imine (C=N–C) groups is 1. The van der Waals surface area contributed by atoms with Crippen LogP contribution in [-0.4, -0.2) is 13.3 Å². The molecule has 0 aliphatic rings. The van der Waals surface area contributed by atoms with Crippen LogP contribution in [0.4, 0.5) is 8.78 Å². The summed E-state index contributed by atoms with van der Waals surface area (Å²) in [6.45, 7) is 5.73. The molecule has 1 aromatic rings. The van der Waals surface area contributed by atoms with E-state index in [1.54, 1.807) is 0 Å². The topological polar surface area (TPSA) is 12.4 Å². The molecule has 82 valence electrons. The number of rotatable bonds is 1. The summed E-state index contributed by atoms with van der Waals surface area (Å²) >= 11 is 0. The maximum atomic E-state index is 13.5. The molecule has 15 heavy (non-hydrogen) atoms. The van der Waals surface area contributed by atoms with Crippen molar-refractivity contribution in [1.29, 1.82) is 0 Å². The molecular weight excluding hydrogens is 196 g/mol. The molecule has 0 bridgehead atoms. The largest absolute Gasteiger partial charge is 0.296 e. The van der Waals surface area contributed by atoms with Gasteiger partial charge in [0.05, 0.1) is 5.56 Å². The van der Waals surface area contributed by atoms with Gasteiger partial charge in [-0.1, -0.05) is 20.8 Å². The Morgan fingerprint density at radius 3 is 1.93 bits per heavy atom. The van der Waals surface area contributed by atoms with Crippen LogP contribution in [0, 0.1) is 11.6 Å². The van der Waals surface area contributed by atoms with E-state index in [1.807, 2.05) is 20.8 Å². The minimum Gasteiger partial charge on any atom is -0.296 e. The van der Waals surface area contributed by atoms with Gasteiger partial charge in [-0.3, -0.25) is 4.99 Å². The summed E-state index contributed by atoms with van der Waals surface area (Å²) in [6.07, 6.45) is 1.19. The van der Waals surface area contributed by atoms with E-state index in [9.17, 15) is 8.78 Å². The lowest BCUT2D eigenvalue weighted by Gasteiger charge is -2.19. The van der Waals surface area contributed by atoms with Crippen molar-refractivity contribution >= 4 is 6.21 Å². The summed E-state index contributed by atoms with van der Waals surface area (Å²) < 4.78 is 27.0. The van der Waals surface area contributed by atoms with E-state index in [-0.39, 0.29) is 11.0 Å². The standard InChI is InChI=1S/C12H15F2N/c1-12(2,3)8-5-10(13)9(7-15-4)11(14)6-8/h5-7H,1-4H3. The fraction of sp³-hybridized carbons (Fsp3) is 0.417. The van der Waals surface area contributed by atoms with Gasteiger partial charge in [-0.25, -0.2) is 8.78 Å². The molecule has 0 N–H and O–H groups in total. The van der Waals surface area contributed by atoms with Crippen LogP contribution in [0.15, 0.2) is 17.1 Å². The van der Waals surface area contributed by atoms with Gasteiger partial charge >= 0.3 is 0 Å². The van der Waals surface area contributed by atoms with Crippen molar-refractivity contribution in [2.24, 2.45) is 4.99 Å². The molecule has 0 atom stereocenters. The number of hydrogen-bond acceptors (Lipinski definition) is 1. The van der Waals surface area contributed by atoms with Crippen molar-refractivity contribution in [3.05, 3.63) is 34.9 Å². The van der Waals surface area contributed by atoms with Crippen LogP contribution >= 0.6 is 0 Å². The van der Waals surface area contributed by atoms with E-state index in [4.69, 9.17) is 0 Å². The molecule has 0 spiro atoms. The van der Waals surface area contributed by atoms with E-state index < -0.39 is 11.6 Å². The summed E-state index contributed by atoms with van der Waals surface area (Å²) in [5.74, 6) is -1.13. The highest BCUT2D eigenvalue weighted by Crippen LogP contribution is 2.25. The third-order valence-electron chi connectivity index (χ3n) is 2.20. The van der Waals surface area contributed by atoms with Gasteiger partial charge in [0.1, 0.15) is 11.6 Å². The van der Waals surface area contributed by atoms with Crippen molar-refractivity contribution in [1.82, 2.24) is 0 Å². The van der Waals surface area contributed by atoms with Crippen LogP contribution in [0.2, 0.25) is 0 Å². The van der Waals surface area contributed by atoms with E-state index in [0.29, 0.717) is 5.56 Å². The van der Waals surface area contributed by atoms with Crippen LogP contribution in [0.25, 0.3) is 0 Å². The van der Waals surface area contributed by atoms with Crippen LogP contribution < -0.4 is 0 Å². The predicted octanol–water partition coefficient (Wildman–Crippen LogP) is 3.31. The highest BCUT2D eigenvalue weighted by atomic mass is 19.1. The van der Waals surface area contributed by atoms with E-state index in [0.717, 1.165) is 0 Å². The fourth-order valence-corrected chi connectivity index (χ4v) is 1.27. The second-order valence-corrected chi connectivity index (χ2v) is 4.49. The molecule has 0 radical (unpaired) electrons. The maximum absolute atomic E-state index is 13.5. The average Bonchev–Trinajstić information content (AvgIpc) is 2.09. The summed E-state index contributed by atoms with van der Waals surface area (Å²) in [6, 6.07) is 2.72. The maximum Gasteiger partial charge on any atom is 0.135 e. The first-order valence-corrected chi connectivity index (χ1v) is 4.78. The number of hydrogen-bond donors (Lipinski definition) is 0. The number of benzene rings is 1. The Balaban J connectivity index is 3.32. The van der Waals surface area contributed by atoms with Gasteiger partial charge < -0.3 is 0 Å². The minimum absolute atomic E-state index is 0.0782. The molecule has 1 rings (SSSR count). The minimum atomic E-state index is -0.564. The SMILES string of the molecule is CN=Cc1c(F)cc(C(C)(C)C)cc1F. The zero-order valence-electron chi connectivity index (χ0n) is 9.44. The molecule has 0 aliphatic heterocycles. The average molecular weight is 211 g/mol. The first-order chi connectivity index (χ1) is 6.86. The smallest absolute Gasteiger partial charge is 0.135 e. The van der Waals surface area contributed by atoms with Crippen molar-refractivity contribution in [3.63, 3.8) is 0 Å². The predicted molar refractivity (Wildman–Crippen MR) is 58.6 cm³/mol. The van der Waals surface area contributed by atoms with Crippen LogP contribution in [-0.2, 0) is 5.41 Å². The summed E-state index contributed by atoms with van der Waals surface area (Å²) in [7, 11) is 1.48. The molecule has 0 saturated carbocycles. The zero-order chi connectivity index (χ0) is 11.6. The normalized spacial score (nSPS) is 12.4. The molecule has 1 nitrogen and oxygen atoms in total. The molecule has 0 aliphatic carbocycles. The lowest BCUT2D eigenvalue weighted by Crippen LogP contribution is -2.13. The molecule has 0 saturated heterocycles. The van der Waals surface area contributed by atoms with Crippen molar-refractivity contribution in [3.8, 4) is 0 Å². The van der Waals surface area contributed by atoms with Gasteiger partial charge in [-0.05, 0) is 23.1 Å². The van der Waals surface area contributed by atoms with Crippen molar-refractivity contribution in [2.45, 2.75) is 26.2 Å². The number of nitrogens with zero attached hydrogens (tertiary/aromatic N) is 1. The molecule has 0 amide bonds. The van der Waals surface area contributed by atoms with Gasteiger partial charge in [0, 0.05) is 13.3 Å². The van der Waals surface area contributed by atoms with Gasteiger partial charge in [0.25, 0.3) is 0 Å². The van der Waals surface area contributed by atoms with Crippen molar-refractivity contribution < 1.29 is 8.78 Å². The summed E-state index contributed by atoms with van der Waals surface area (Å²) in [5.41, 5.74) is 0.306. The Labute approximate surface area is 88.8 Å². The highest BCUT2D eigenvalue weighted by Gasteiger charge is 2.18. The Bertz CT molecular complexity index is 366. The molecule has 0 aromatic heterocycles. The van der Waals surface area contributed by atoms with E-state index >= 15 is 0 Å². The molecule has 3 heteroatoms. The van der Waals surface area contributed by atoms with Crippen LogP contribution in [0.1, 0.15) is 31.9 Å². The molecule has 0 heterocycles. The van der Waals surface area contributed by atoms with Crippen LogP contribution in [0.5, 0.6) is 0 Å². The third kappa shape index (κ3) is 2.61. The second kappa shape index (κ2) is 4.09. The number of halogens is 2. The molecule has 0 fully saturated rings. The zero-order valence-corrected chi connectivity index (χ0v) is 9.44. The Morgan fingerprint density at radius 1 is 1.13 bits per heavy atom. The monoisotopic (exact) mass is 211 g/mol. The summed E-state index contributed by atoms with van der Waals surface area (Å²) in [4.78, 5) is 3.61. The van der Waals surface area contributed by atoms with Gasteiger partial charge in [-0.15, -0.1) is 0 Å². The second-order valence-electron chi connectivity index (χ2n) is 4.49. The van der Waals surface area contributed by atoms with Gasteiger partial charge in [0.2, 0.25) is 0 Å². The molecular formula is C12H15F2N. The third-order valence-corrected chi connectivity index (χ3v) is 2.20. The summed E-state index contributed by atoms with van der Waals surface area (Å²) in [5, 5.41) is 0. The first kappa shape index (κ1) is 11.8. The Hall–Kier alpha value is -1.25. The first-order valence-electron chi connectivity index (χ1n) is 4.78. The quantitative estimate of drug-likeness (QED) is 0.632. The fourth-order valence-electron chi connectivity index (χ4n) is 1.27. The van der Waals surface area contributed by atoms with E-state index in [2.05, 4.69) is 4.99 Å². The van der Waals surface area contributed by atoms with Gasteiger partial charge in [0.15, 0.2) is 0 Å². The van der Waals surface area contributed by atoms with Crippen LogP contribution in [0.3, 0.4) is 0 Å². The van der Waals surface area contributed by atoms with Gasteiger partial charge in [-0.2, -0.15) is 0 Å². The highest BCUT2D eigenvalue weighted by molar-refractivity contribution is 5.80. The Kier molecular flexibility index (Phi) is 3.22. The Morgan fingerprint density at radius 2 is 1.60 bits per heavy atom.